The first-order chi connectivity index (χ1) is 10.4. The van der Waals surface area contributed by atoms with Gasteiger partial charge in [-0.2, -0.15) is 0 Å². The minimum Gasteiger partial charge on any atom is -0.339 e. The average Bonchev–Trinajstić information content (AvgIpc) is 3.02. The number of hydrogen-bond donors (Lipinski definition) is 1. The fourth-order valence-electron chi connectivity index (χ4n) is 3.47. The zero-order valence-corrected chi connectivity index (χ0v) is 14.1. The van der Waals surface area contributed by atoms with Crippen LogP contribution in [0.1, 0.15) is 24.1 Å². The Morgan fingerprint density at radius 1 is 1.50 bits per heavy atom. The third kappa shape index (κ3) is 3.59. The molecule has 1 aromatic rings. The molecule has 7 heteroatoms. The Morgan fingerprint density at radius 2 is 2.27 bits per heavy atom. The lowest BCUT2D eigenvalue weighted by Gasteiger charge is -2.45. The lowest BCUT2D eigenvalue weighted by molar-refractivity contribution is -0.125. The van der Waals surface area contributed by atoms with Crippen molar-refractivity contribution in [2.24, 2.45) is 5.41 Å². The predicted molar refractivity (Wildman–Crippen MR) is 88.0 cm³/mol. The predicted octanol–water partition coefficient (Wildman–Crippen LogP) is 1.69. The molecule has 1 N–H and O–H groups in total. The van der Waals surface area contributed by atoms with Crippen LogP contribution >= 0.6 is 11.3 Å². The van der Waals surface area contributed by atoms with E-state index in [-0.39, 0.29) is 17.4 Å². The summed E-state index contributed by atoms with van der Waals surface area (Å²) < 4.78 is 25.1. The van der Waals surface area contributed by atoms with Gasteiger partial charge in [-0.15, -0.1) is 11.3 Å². The molecule has 0 unspecified atom stereocenters. The molecule has 1 saturated heterocycles. The van der Waals surface area contributed by atoms with Crippen LogP contribution < -0.4 is 4.72 Å². The number of likely N-dealkylation sites (tertiary alicyclic amines) is 1. The standard InChI is InChI=1S/C15H20N2O3S2/c1-22(19,20)16-12-9-15(10-12)6-7-17(11-15)14(18)5-4-13-3-2-8-21-13/h2-5,8,12,16H,6-7,9-11H2,1H3/b5-4+. The summed E-state index contributed by atoms with van der Waals surface area (Å²) in [4.78, 5) is 15.2. The Kier molecular flexibility index (Phi) is 4.13. The van der Waals surface area contributed by atoms with Crippen molar-refractivity contribution >= 4 is 33.3 Å². The largest absolute Gasteiger partial charge is 0.339 e. The van der Waals surface area contributed by atoms with E-state index < -0.39 is 10.0 Å². The van der Waals surface area contributed by atoms with Crippen molar-refractivity contribution in [1.29, 1.82) is 0 Å². The highest BCUT2D eigenvalue weighted by Gasteiger charge is 2.49. The highest BCUT2D eigenvalue weighted by atomic mass is 32.2. The highest BCUT2D eigenvalue weighted by Crippen LogP contribution is 2.48. The lowest BCUT2D eigenvalue weighted by Crippen LogP contribution is -2.51. The number of thiophene rings is 1. The molecule has 22 heavy (non-hydrogen) atoms. The number of nitrogens with zero attached hydrogens (tertiary/aromatic N) is 1. The highest BCUT2D eigenvalue weighted by molar-refractivity contribution is 7.88. The van der Waals surface area contributed by atoms with Gasteiger partial charge in [-0.3, -0.25) is 4.79 Å². The second kappa shape index (κ2) is 5.79. The molecule has 0 aromatic carbocycles. The van der Waals surface area contributed by atoms with Gasteiger partial charge in [0.15, 0.2) is 0 Å². The summed E-state index contributed by atoms with van der Waals surface area (Å²) in [5.74, 6) is 0.0461. The van der Waals surface area contributed by atoms with E-state index in [2.05, 4.69) is 4.72 Å². The fourth-order valence-corrected chi connectivity index (χ4v) is 4.86. The molecule has 1 amide bonds. The van der Waals surface area contributed by atoms with Crippen LogP contribution in [-0.4, -0.2) is 44.6 Å². The van der Waals surface area contributed by atoms with Gasteiger partial charge in [0.2, 0.25) is 15.9 Å². The summed E-state index contributed by atoms with van der Waals surface area (Å²) >= 11 is 1.61. The molecule has 0 bridgehead atoms. The maximum Gasteiger partial charge on any atom is 0.246 e. The first-order valence-electron chi connectivity index (χ1n) is 7.33. The van der Waals surface area contributed by atoms with Crippen LogP contribution in [0.3, 0.4) is 0 Å². The molecule has 1 saturated carbocycles. The van der Waals surface area contributed by atoms with Gasteiger partial charge in [-0.1, -0.05) is 6.07 Å². The molecule has 1 spiro atoms. The third-order valence-corrected chi connectivity index (χ3v) is 6.02. The van der Waals surface area contributed by atoms with E-state index in [1.807, 2.05) is 28.5 Å². The Hall–Kier alpha value is -1.18. The number of sulfonamides is 1. The van der Waals surface area contributed by atoms with Crippen molar-refractivity contribution in [2.45, 2.75) is 25.3 Å². The van der Waals surface area contributed by atoms with Crippen molar-refractivity contribution in [3.05, 3.63) is 28.5 Å². The third-order valence-electron chi connectivity index (χ3n) is 4.42. The normalized spacial score (nSPS) is 28.4. The summed E-state index contributed by atoms with van der Waals surface area (Å²) in [7, 11) is -3.13. The number of amides is 1. The minimum atomic E-state index is -3.13. The van der Waals surface area contributed by atoms with Crippen molar-refractivity contribution in [3.63, 3.8) is 0 Å². The van der Waals surface area contributed by atoms with Gasteiger partial charge in [0.25, 0.3) is 0 Å². The van der Waals surface area contributed by atoms with E-state index in [1.54, 1.807) is 17.4 Å². The maximum atomic E-state index is 12.2. The molecule has 0 radical (unpaired) electrons. The van der Waals surface area contributed by atoms with Crippen LogP contribution in [0.2, 0.25) is 0 Å². The number of carbonyl (C=O) groups excluding carboxylic acids is 1. The van der Waals surface area contributed by atoms with E-state index in [1.165, 1.54) is 6.26 Å². The van der Waals surface area contributed by atoms with Gasteiger partial charge in [-0.05, 0) is 42.2 Å². The lowest BCUT2D eigenvalue weighted by atomic mass is 9.65. The number of carbonyl (C=O) groups is 1. The molecule has 1 aliphatic carbocycles. The van der Waals surface area contributed by atoms with Gasteiger partial charge in [0, 0.05) is 30.1 Å². The minimum absolute atomic E-state index is 0.0340. The summed E-state index contributed by atoms with van der Waals surface area (Å²) in [5.41, 5.74) is 0.120. The van der Waals surface area contributed by atoms with E-state index in [4.69, 9.17) is 0 Å². The Labute approximate surface area is 135 Å². The van der Waals surface area contributed by atoms with E-state index in [0.29, 0.717) is 0 Å². The Balaban J connectivity index is 1.52. The molecule has 1 aromatic heterocycles. The van der Waals surface area contributed by atoms with E-state index >= 15 is 0 Å². The van der Waals surface area contributed by atoms with Gasteiger partial charge >= 0.3 is 0 Å². The quantitative estimate of drug-likeness (QED) is 0.848. The van der Waals surface area contributed by atoms with Crippen molar-refractivity contribution in [3.8, 4) is 0 Å². The van der Waals surface area contributed by atoms with Gasteiger partial charge in [-0.25, -0.2) is 13.1 Å². The maximum absolute atomic E-state index is 12.2. The van der Waals surface area contributed by atoms with Gasteiger partial charge in [0.05, 0.1) is 6.26 Å². The molecule has 2 fully saturated rings. The molecule has 2 heterocycles. The number of hydrogen-bond acceptors (Lipinski definition) is 4. The van der Waals surface area contributed by atoms with E-state index in [0.717, 1.165) is 37.2 Å². The molecular weight excluding hydrogens is 320 g/mol. The first-order valence-corrected chi connectivity index (χ1v) is 10.1. The SMILES string of the molecule is CS(=O)(=O)NC1CC2(CCN(C(=O)/C=C/c3cccs3)C2)C1. The van der Waals surface area contributed by atoms with Gasteiger partial charge in [0.1, 0.15) is 0 Å². The van der Waals surface area contributed by atoms with E-state index in [9.17, 15) is 13.2 Å². The zero-order valence-electron chi connectivity index (χ0n) is 12.5. The molecule has 5 nitrogen and oxygen atoms in total. The summed E-state index contributed by atoms with van der Waals surface area (Å²) in [6, 6.07) is 3.97. The van der Waals surface area contributed by atoms with Crippen LogP contribution in [0.4, 0.5) is 0 Å². The molecule has 2 aliphatic rings. The molecule has 3 rings (SSSR count). The topological polar surface area (TPSA) is 66.5 Å². The van der Waals surface area contributed by atoms with Crippen LogP contribution in [0, 0.1) is 5.41 Å². The zero-order chi connectivity index (χ0) is 15.8. The second-order valence-corrected chi connectivity index (χ2v) is 9.11. The van der Waals surface area contributed by atoms with Crippen LogP contribution in [0.25, 0.3) is 6.08 Å². The molecule has 1 aliphatic heterocycles. The second-order valence-electron chi connectivity index (χ2n) is 6.35. The average molecular weight is 340 g/mol. The fraction of sp³-hybridized carbons (Fsp3) is 0.533. The molecule has 0 atom stereocenters. The summed E-state index contributed by atoms with van der Waals surface area (Å²) in [6.07, 6.45) is 7.31. The van der Waals surface area contributed by atoms with Gasteiger partial charge < -0.3 is 4.90 Å². The first kappa shape index (κ1) is 15.7. The smallest absolute Gasteiger partial charge is 0.246 e. The monoisotopic (exact) mass is 340 g/mol. The number of nitrogens with one attached hydrogen (secondary N) is 1. The van der Waals surface area contributed by atoms with Crippen molar-refractivity contribution < 1.29 is 13.2 Å². The Morgan fingerprint density at radius 3 is 2.91 bits per heavy atom. The summed E-state index contributed by atoms with van der Waals surface area (Å²) in [6.45, 7) is 1.50. The molecular formula is C15H20N2O3S2. The Bertz CT molecular complexity index is 674. The summed E-state index contributed by atoms with van der Waals surface area (Å²) in [5, 5.41) is 1.98. The van der Waals surface area contributed by atoms with Crippen LogP contribution in [0.5, 0.6) is 0 Å². The van der Waals surface area contributed by atoms with Crippen molar-refractivity contribution in [2.75, 3.05) is 19.3 Å². The molecule has 120 valence electrons. The van der Waals surface area contributed by atoms with Crippen LogP contribution in [-0.2, 0) is 14.8 Å². The number of rotatable bonds is 4. The van der Waals surface area contributed by atoms with Crippen LogP contribution in [0.15, 0.2) is 23.6 Å². The van der Waals surface area contributed by atoms with Crippen molar-refractivity contribution in [1.82, 2.24) is 9.62 Å².